The Bertz CT molecular complexity index is 279. The van der Waals surface area contributed by atoms with E-state index in [9.17, 15) is 0 Å². The molecule has 0 saturated heterocycles. The van der Waals surface area contributed by atoms with Gasteiger partial charge >= 0.3 is 0 Å². The third-order valence-electron chi connectivity index (χ3n) is 5.78. The molecule has 3 heteroatoms. The molecule has 0 aromatic carbocycles. The fourth-order valence-corrected chi connectivity index (χ4v) is 3.93. The second-order valence-corrected chi connectivity index (χ2v) is 7.14. The molecule has 0 aliphatic heterocycles. The van der Waals surface area contributed by atoms with E-state index in [1.54, 1.807) is 0 Å². The van der Waals surface area contributed by atoms with Gasteiger partial charge in [-0.15, -0.1) is 0 Å². The van der Waals surface area contributed by atoms with Crippen LogP contribution in [0.2, 0.25) is 0 Å². The number of nitrogens with two attached hydrogens (primary N) is 1. The van der Waals surface area contributed by atoms with Crippen LogP contribution in [0, 0.1) is 17.8 Å². The van der Waals surface area contributed by atoms with E-state index in [0.717, 1.165) is 37.1 Å². The molecule has 0 heterocycles. The lowest BCUT2D eigenvalue weighted by molar-refractivity contribution is 0.0417. The molecule has 110 valence electrons. The Kier molecular flexibility index (Phi) is 4.16. The molecule has 3 fully saturated rings. The quantitative estimate of drug-likeness (QED) is 0.743. The summed E-state index contributed by atoms with van der Waals surface area (Å²) in [4.78, 5) is 0. The number of hydrogen-bond acceptors (Lipinski definition) is 3. The molecule has 3 saturated carbocycles. The molecule has 0 bridgehead atoms. The van der Waals surface area contributed by atoms with Crippen molar-refractivity contribution in [3.05, 3.63) is 0 Å². The Balaban J connectivity index is 1.51. The van der Waals surface area contributed by atoms with E-state index in [1.165, 1.54) is 45.1 Å². The molecule has 3 aliphatic rings. The first-order chi connectivity index (χ1) is 9.26. The summed E-state index contributed by atoms with van der Waals surface area (Å²) in [5, 5.41) is 3.89. The van der Waals surface area contributed by atoms with Crippen LogP contribution in [0.4, 0.5) is 0 Å². The molecule has 0 unspecified atom stereocenters. The number of hydrogen-bond donors (Lipinski definition) is 2. The van der Waals surface area contributed by atoms with Gasteiger partial charge < -0.3 is 15.8 Å². The zero-order valence-corrected chi connectivity index (χ0v) is 12.4. The van der Waals surface area contributed by atoms with Gasteiger partial charge in [0.1, 0.15) is 0 Å². The van der Waals surface area contributed by atoms with Gasteiger partial charge in [-0.3, -0.25) is 0 Å². The van der Waals surface area contributed by atoms with Crippen molar-refractivity contribution in [3.8, 4) is 0 Å². The summed E-state index contributed by atoms with van der Waals surface area (Å²) < 4.78 is 5.48. The van der Waals surface area contributed by atoms with Crippen molar-refractivity contribution in [2.45, 2.75) is 63.0 Å². The molecule has 0 spiro atoms. The van der Waals surface area contributed by atoms with Crippen LogP contribution in [0.3, 0.4) is 0 Å². The van der Waals surface area contributed by atoms with Crippen molar-refractivity contribution >= 4 is 0 Å². The first-order valence-corrected chi connectivity index (χ1v) is 8.24. The van der Waals surface area contributed by atoms with Crippen LogP contribution in [-0.4, -0.2) is 31.8 Å². The number of ether oxygens (including phenoxy) is 1. The van der Waals surface area contributed by atoms with E-state index in [4.69, 9.17) is 10.5 Å². The smallest absolute Gasteiger partial charge is 0.0572 e. The summed E-state index contributed by atoms with van der Waals surface area (Å²) in [6.07, 6.45) is 11.1. The number of methoxy groups -OCH3 is 1. The van der Waals surface area contributed by atoms with Crippen LogP contribution < -0.4 is 11.1 Å². The molecule has 0 atom stereocenters. The number of rotatable bonds is 7. The van der Waals surface area contributed by atoms with Gasteiger partial charge in [-0.05, 0) is 75.7 Å². The first kappa shape index (κ1) is 13.8. The molecule has 3 rings (SSSR count). The van der Waals surface area contributed by atoms with Crippen LogP contribution >= 0.6 is 0 Å². The summed E-state index contributed by atoms with van der Waals surface area (Å²) in [6, 6.07) is 0. The first-order valence-electron chi connectivity index (χ1n) is 8.24. The van der Waals surface area contributed by atoms with Gasteiger partial charge in [-0.2, -0.15) is 0 Å². The van der Waals surface area contributed by atoms with Crippen LogP contribution in [0.25, 0.3) is 0 Å². The number of nitrogens with one attached hydrogen (secondary N) is 1. The molecule has 19 heavy (non-hydrogen) atoms. The highest BCUT2D eigenvalue weighted by atomic mass is 16.5. The van der Waals surface area contributed by atoms with Crippen LogP contribution in [0.15, 0.2) is 0 Å². The SMILES string of the molecule is COC1CCC(CN)(NCC(C2CC2)C2CC2)CC1. The largest absolute Gasteiger partial charge is 0.381 e. The lowest BCUT2D eigenvalue weighted by Crippen LogP contribution is -2.55. The van der Waals surface area contributed by atoms with Crippen LogP contribution in [0.1, 0.15) is 51.4 Å². The second-order valence-electron chi connectivity index (χ2n) is 7.14. The van der Waals surface area contributed by atoms with Gasteiger partial charge in [-0.1, -0.05) is 0 Å². The predicted octanol–water partition coefficient (Wildman–Crippen LogP) is 2.30. The van der Waals surface area contributed by atoms with Gasteiger partial charge in [0.05, 0.1) is 6.10 Å². The Morgan fingerprint density at radius 2 is 1.68 bits per heavy atom. The Labute approximate surface area is 117 Å². The normalized spacial score (nSPS) is 35.8. The highest BCUT2D eigenvalue weighted by Crippen LogP contribution is 2.49. The molecule has 0 amide bonds. The molecule has 0 radical (unpaired) electrons. The molecule has 0 aromatic heterocycles. The van der Waals surface area contributed by atoms with Crippen molar-refractivity contribution in [2.75, 3.05) is 20.2 Å². The van der Waals surface area contributed by atoms with Gasteiger partial charge in [0, 0.05) is 19.2 Å². The van der Waals surface area contributed by atoms with Gasteiger partial charge in [0.15, 0.2) is 0 Å². The molecule has 3 nitrogen and oxygen atoms in total. The maximum atomic E-state index is 6.09. The molecular formula is C16H30N2O. The van der Waals surface area contributed by atoms with E-state index in [2.05, 4.69) is 5.32 Å². The van der Waals surface area contributed by atoms with E-state index in [1.807, 2.05) is 7.11 Å². The van der Waals surface area contributed by atoms with E-state index < -0.39 is 0 Å². The zero-order chi connectivity index (χ0) is 13.3. The standard InChI is InChI=1S/C16H30N2O/c1-19-14-6-8-16(11-17,9-7-14)18-10-15(12-2-3-12)13-4-5-13/h12-15,18H,2-11,17H2,1H3. The van der Waals surface area contributed by atoms with Gasteiger partial charge in [-0.25, -0.2) is 0 Å². The fourth-order valence-electron chi connectivity index (χ4n) is 3.93. The monoisotopic (exact) mass is 266 g/mol. The Morgan fingerprint density at radius 3 is 2.11 bits per heavy atom. The van der Waals surface area contributed by atoms with Crippen molar-refractivity contribution in [1.29, 1.82) is 0 Å². The Hall–Kier alpha value is -0.120. The minimum atomic E-state index is 0.205. The van der Waals surface area contributed by atoms with Gasteiger partial charge in [0.2, 0.25) is 0 Å². The average molecular weight is 266 g/mol. The van der Waals surface area contributed by atoms with E-state index in [-0.39, 0.29) is 5.54 Å². The second kappa shape index (κ2) is 5.71. The average Bonchev–Trinajstić information content (AvgIpc) is 3.32. The predicted molar refractivity (Wildman–Crippen MR) is 78.0 cm³/mol. The van der Waals surface area contributed by atoms with E-state index in [0.29, 0.717) is 6.10 Å². The summed E-state index contributed by atoms with van der Waals surface area (Å²) >= 11 is 0. The molecule has 3 aliphatic carbocycles. The lowest BCUT2D eigenvalue weighted by atomic mass is 9.79. The highest BCUT2D eigenvalue weighted by molar-refractivity contribution is 4.98. The summed E-state index contributed by atoms with van der Waals surface area (Å²) in [5.41, 5.74) is 6.30. The minimum Gasteiger partial charge on any atom is -0.381 e. The third-order valence-corrected chi connectivity index (χ3v) is 5.78. The molecule has 3 N–H and O–H groups in total. The topological polar surface area (TPSA) is 47.3 Å². The van der Waals surface area contributed by atoms with Crippen molar-refractivity contribution < 1.29 is 4.74 Å². The summed E-state index contributed by atoms with van der Waals surface area (Å²) in [7, 11) is 1.84. The molecular weight excluding hydrogens is 236 g/mol. The van der Waals surface area contributed by atoms with Crippen LogP contribution in [-0.2, 0) is 4.74 Å². The van der Waals surface area contributed by atoms with Crippen LogP contribution in [0.5, 0.6) is 0 Å². The third kappa shape index (κ3) is 3.32. The summed E-state index contributed by atoms with van der Waals surface area (Å²) in [6.45, 7) is 2.00. The van der Waals surface area contributed by atoms with Gasteiger partial charge in [0.25, 0.3) is 0 Å². The van der Waals surface area contributed by atoms with E-state index >= 15 is 0 Å². The molecule has 0 aromatic rings. The van der Waals surface area contributed by atoms with Crippen molar-refractivity contribution in [3.63, 3.8) is 0 Å². The maximum Gasteiger partial charge on any atom is 0.0572 e. The maximum absolute atomic E-state index is 6.09. The highest BCUT2D eigenvalue weighted by Gasteiger charge is 2.42. The summed E-state index contributed by atoms with van der Waals surface area (Å²) in [5.74, 6) is 3.01. The lowest BCUT2D eigenvalue weighted by Gasteiger charge is -2.41. The zero-order valence-electron chi connectivity index (χ0n) is 12.4. The van der Waals surface area contributed by atoms with Crippen molar-refractivity contribution in [2.24, 2.45) is 23.5 Å². The Morgan fingerprint density at radius 1 is 1.11 bits per heavy atom. The fraction of sp³-hybridized carbons (Fsp3) is 1.00. The minimum absolute atomic E-state index is 0.205. The van der Waals surface area contributed by atoms with Crippen molar-refractivity contribution in [1.82, 2.24) is 5.32 Å².